The number of rotatable bonds is 1. The van der Waals surface area contributed by atoms with Gasteiger partial charge in [0.25, 0.3) is 0 Å². The molecule has 22 heavy (non-hydrogen) atoms. The summed E-state index contributed by atoms with van der Waals surface area (Å²) in [5.41, 5.74) is 0.784. The molecule has 3 saturated heterocycles. The molecule has 1 aliphatic carbocycles. The fraction of sp³-hybridized carbons (Fsp3) is 0.778. The van der Waals surface area contributed by atoms with Crippen molar-refractivity contribution >= 4 is 0 Å². The third kappa shape index (κ3) is 1.81. The van der Waals surface area contributed by atoms with E-state index < -0.39 is 11.4 Å². The molecule has 0 aromatic rings. The van der Waals surface area contributed by atoms with E-state index >= 15 is 0 Å². The van der Waals surface area contributed by atoms with E-state index in [1.807, 2.05) is 26.0 Å². The van der Waals surface area contributed by atoms with Gasteiger partial charge in [-0.3, -0.25) is 0 Å². The predicted molar refractivity (Wildman–Crippen MR) is 81.4 cm³/mol. The van der Waals surface area contributed by atoms with E-state index in [1.54, 1.807) is 0 Å². The number of fused-ring (bicyclic) bond motifs is 2. The third-order valence-corrected chi connectivity index (χ3v) is 6.18. The summed E-state index contributed by atoms with van der Waals surface area (Å²) in [6.45, 7) is 8.47. The minimum Gasteiger partial charge on any atom is -0.462 e. The van der Waals surface area contributed by atoms with Crippen molar-refractivity contribution in [1.82, 2.24) is 0 Å². The van der Waals surface area contributed by atoms with E-state index in [9.17, 15) is 0 Å². The van der Waals surface area contributed by atoms with Crippen LogP contribution in [0.1, 0.15) is 53.4 Å². The minimum atomic E-state index is -0.691. The average molecular weight is 306 g/mol. The van der Waals surface area contributed by atoms with Gasteiger partial charge < -0.3 is 9.47 Å². The van der Waals surface area contributed by atoms with Gasteiger partial charge >= 0.3 is 0 Å². The molecule has 5 rings (SSSR count). The fourth-order valence-electron chi connectivity index (χ4n) is 4.96. The first-order chi connectivity index (χ1) is 10.5. The lowest BCUT2D eigenvalue weighted by Gasteiger charge is -2.57. The van der Waals surface area contributed by atoms with Gasteiger partial charge in [0.15, 0.2) is 5.60 Å². The van der Waals surface area contributed by atoms with Gasteiger partial charge in [-0.05, 0) is 57.6 Å². The Kier molecular flexibility index (Phi) is 3.23. The average Bonchev–Trinajstić information content (AvgIpc) is 2.71. The van der Waals surface area contributed by atoms with E-state index in [2.05, 4.69) is 13.8 Å². The Morgan fingerprint density at radius 1 is 1.18 bits per heavy atom. The molecule has 4 heterocycles. The molecule has 1 saturated carbocycles. The molecule has 122 valence electrons. The fourth-order valence-corrected chi connectivity index (χ4v) is 4.96. The Bertz CT molecular complexity index is 539. The van der Waals surface area contributed by atoms with Crippen LogP contribution in [-0.2, 0) is 19.2 Å². The molecule has 1 spiro atoms. The summed E-state index contributed by atoms with van der Waals surface area (Å²) in [5.74, 6) is 1.58. The summed E-state index contributed by atoms with van der Waals surface area (Å²) in [4.78, 5) is 11.9. The molecule has 2 bridgehead atoms. The Hall–Kier alpha value is -0.840. The zero-order chi connectivity index (χ0) is 15.5. The highest BCUT2D eigenvalue weighted by Gasteiger charge is 2.68. The molecule has 4 heteroatoms. The molecule has 5 aliphatic rings. The maximum atomic E-state index is 6.26. The van der Waals surface area contributed by atoms with Gasteiger partial charge in [-0.2, -0.15) is 0 Å². The first kappa shape index (κ1) is 14.7. The molecular weight excluding hydrogens is 280 g/mol. The molecule has 0 amide bonds. The molecule has 4 fully saturated rings. The van der Waals surface area contributed by atoms with Crippen molar-refractivity contribution in [2.24, 2.45) is 17.8 Å². The Morgan fingerprint density at radius 2 is 2.00 bits per heavy atom. The monoisotopic (exact) mass is 306 g/mol. The molecule has 0 N–H and O–H groups in total. The van der Waals surface area contributed by atoms with Crippen molar-refractivity contribution in [3.05, 3.63) is 23.5 Å². The molecule has 0 unspecified atom stereocenters. The van der Waals surface area contributed by atoms with Gasteiger partial charge in [0.1, 0.15) is 5.76 Å². The van der Waals surface area contributed by atoms with Gasteiger partial charge in [-0.25, -0.2) is 9.78 Å². The smallest absolute Gasteiger partial charge is 0.235 e. The highest BCUT2D eigenvalue weighted by Crippen LogP contribution is 2.60. The van der Waals surface area contributed by atoms with Crippen LogP contribution in [-0.4, -0.2) is 17.7 Å². The molecule has 0 radical (unpaired) electrons. The number of hydrogen-bond donors (Lipinski definition) is 0. The van der Waals surface area contributed by atoms with E-state index in [0.29, 0.717) is 17.8 Å². The highest BCUT2D eigenvalue weighted by molar-refractivity contribution is 5.29. The highest BCUT2D eigenvalue weighted by atomic mass is 17.3. The summed E-state index contributed by atoms with van der Waals surface area (Å²) in [6, 6.07) is 0. The molecule has 4 aliphatic heterocycles. The quantitative estimate of drug-likeness (QED) is 0.684. The maximum Gasteiger partial charge on any atom is 0.235 e. The van der Waals surface area contributed by atoms with Crippen molar-refractivity contribution in [1.29, 1.82) is 0 Å². The van der Waals surface area contributed by atoms with E-state index in [4.69, 9.17) is 19.2 Å². The van der Waals surface area contributed by atoms with Crippen LogP contribution in [0.3, 0.4) is 0 Å². The standard InChI is InChI=1S/C18H26O4/c1-5-6-15-12(3)14-8-7-11(2)13-9-10-17(4)20-16(19-15)18(13,14)22-21-17/h5-6,11,13-14,16H,7-10H2,1-4H3/b6-5+/t11-,13+,14+,16-,17-,18-/m1/s1. The molecular formula is C18H26O4. The summed E-state index contributed by atoms with van der Waals surface area (Å²) in [6.07, 6.45) is 7.95. The molecule has 0 aromatic carbocycles. The number of allylic oxidation sites excluding steroid dienone is 2. The lowest BCUT2D eigenvalue weighted by molar-refractivity contribution is -0.556. The SMILES string of the molecule is C/C=C/C1=C(C)[C@@H]2CC[C@@H](C)[C@@H]3CC[C@@]4(C)OO[C@@]23[C@H](O1)O4. The van der Waals surface area contributed by atoms with E-state index in [-0.39, 0.29) is 6.29 Å². The second-order valence-corrected chi connectivity index (χ2v) is 7.52. The number of hydrogen-bond acceptors (Lipinski definition) is 4. The maximum absolute atomic E-state index is 6.26. The van der Waals surface area contributed by atoms with Crippen LogP contribution in [0.4, 0.5) is 0 Å². The summed E-state index contributed by atoms with van der Waals surface area (Å²) >= 11 is 0. The van der Waals surface area contributed by atoms with Gasteiger partial charge in [0.05, 0.1) is 0 Å². The molecule has 0 aromatic heterocycles. The van der Waals surface area contributed by atoms with Crippen LogP contribution in [0.25, 0.3) is 0 Å². The van der Waals surface area contributed by atoms with Crippen molar-refractivity contribution in [2.75, 3.05) is 0 Å². The second kappa shape index (κ2) is 4.83. The largest absolute Gasteiger partial charge is 0.462 e. The zero-order valence-corrected chi connectivity index (χ0v) is 13.9. The van der Waals surface area contributed by atoms with Crippen molar-refractivity contribution in [3.63, 3.8) is 0 Å². The van der Waals surface area contributed by atoms with Gasteiger partial charge in [-0.15, -0.1) is 0 Å². The summed E-state index contributed by atoms with van der Waals surface area (Å²) in [7, 11) is 0. The molecule has 6 atom stereocenters. The lowest BCUT2D eigenvalue weighted by atomic mass is 9.59. The van der Waals surface area contributed by atoms with Crippen LogP contribution in [0.2, 0.25) is 0 Å². The third-order valence-electron chi connectivity index (χ3n) is 6.18. The minimum absolute atomic E-state index is 0.307. The summed E-state index contributed by atoms with van der Waals surface area (Å²) < 4.78 is 12.5. The zero-order valence-electron chi connectivity index (χ0n) is 13.9. The van der Waals surface area contributed by atoms with Crippen molar-refractivity contribution in [3.8, 4) is 0 Å². The second-order valence-electron chi connectivity index (χ2n) is 7.52. The number of ether oxygens (including phenoxy) is 2. The lowest BCUT2D eigenvalue weighted by Crippen LogP contribution is -2.66. The first-order valence-corrected chi connectivity index (χ1v) is 8.55. The topological polar surface area (TPSA) is 36.9 Å². The van der Waals surface area contributed by atoms with Crippen molar-refractivity contribution in [2.45, 2.75) is 71.1 Å². The predicted octanol–water partition coefficient (Wildman–Crippen LogP) is 4.08. The van der Waals surface area contributed by atoms with Gasteiger partial charge in [-0.1, -0.05) is 13.0 Å². The normalized spacial score (nSPS) is 50.7. The summed E-state index contributed by atoms with van der Waals surface area (Å²) in [5, 5.41) is 0. The Labute approximate surface area is 132 Å². The van der Waals surface area contributed by atoms with Gasteiger partial charge in [0.2, 0.25) is 12.1 Å². The van der Waals surface area contributed by atoms with Crippen LogP contribution < -0.4 is 0 Å². The Balaban J connectivity index is 1.85. The first-order valence-electron chi connectivity index (χ1n) is 8.55. The van der Waals surface area contributed by atoms with Crippen LogP contribution >= 0.6 is 0 Å². The molecule has 4 nitrogen and oxygen atoms in total. The van der Waals surface area contributed by atoms with Crippen LogP contribution in [0.15, 0.2) is 23.5 Å². The van der Waals surface area contributed by atoms with E-state index in [1.165, 1.54) is 12.0 Å². The van der Waals surface area contributed by atoms with Crippen molar-refractivity contribution < 1.29 is 19.2 Å². The Morgan fingerprint density at radius 3 is 2.77 bits per heavy atom. The van der Waals surface area contributed by atoms with E-state index in [0.717, 1.165) is 25.0 Å². The van der Waals surface area contributed by atoms with Crippen LogP contribution in [0.5, 0.6) is 0 Å². The van der Waals surface area contributed by atoms with Crippen LogP contribution in [0, 0.1) is 17.8 Å². The van der Waals surface area contributed by atoms with Gasteiger partial charge in [0, 0.05) is 18.3 Å².